The van der Waals surface area contributed by atoms with E-state index in [1.54, 1.807) is 0 Å². The number of anilines is 1. The Kier molecular flexibility index (Phi) is 5.78. The van der Waals surface area contributed by atoms with Crippen molar-refractivity contribution in [2.24, 2.45) is 0 Å². The van der Waals surface area contributed by atoms with Gasteiger partial charge in [0.05, 0.1) is 0 Å². The van der Waals surface area contributed by atoms with Gasteiger partial charge in [0.15, 0.2) is 11.6 Å². The smallest absolute Gasteiger partial charge is 0.313 e. The molecule has 0 saturated heterocycles. The number of hydrogen-bond donors (Lipinski definition) is 2. The highest BCUT2D eigenvalue weighted by Crippen LogP contribution is 2.18. The molecule has 1 atom stereocenters. The van der Waals surface area contributed by atoms with E-state index in [0.717, 1.165) is 23.8 Å². The van der Waals surface area contributed by atoms with Crippen molar-refractivity contribution in [3.63, 3.8) is 0 Å². The summed E-state index contributed by atoms with van der Waals surface area (Å²) in [6, 6.07) is 4.67. The van der Waals surface area contributed by atoms with E-state index in [1.807, 2.05) is 16.8 Å². The molecule has 8 heteroatoms. The summed E-state index contributed by atoms with van der Waals surface area (Å²) in [4.78, 5) is 23.5. The van der Waals surface area contributed by atoms with E-state index in [9.17, 15) is 18.4 Å². The van der Waals surface area contributed by atoms with Gasteiger partial charge in [-0.2, -0.15) is 11.3 Å². The van der Waals surface area contributed by atoms with Crippen molar-refractivity contribution in [3.05, 3.63) is 52.2 Å². The topological polar surface area (TPSA) is 67.4 Å². The fraction of sp³-hybridized carbons (Fsp3) is 0.200. The summed E-state index contributed by atoms with van der Waals surface area (Å²) in [5, 5.41) is 8.37. The first-order valence-electron chi connectivity index (χ1n) is 6.60. The van der Waals surface area contributed by atoms with Gasteiger partial charge in [-0.3, -0.25) is 9.59 Å². The third-order valence-electron chi connectivity index (χ3n) is 3.03. The minimum absolute atomic E-state index is 0.00910. The second kappa shape index (κ2) is 7.80. The average molecular weight is 340 g/mol. The molecule has 1 aromatic carbocycles. The highest BCUT2D eigenvalue weighted by atomic mass is 32.1. The molecule has 23 heavy (non-hydrogen) atoms. The van der Waals surface area contributed by atoms with Crippen LogP contribution >= 0.6 is 11.3 Å². The lowest BCUT2D eigenvalue weighted by molar-refractivity contribution is -0.136. The van der Waals surface area contributed by atoms with Gasteiger partial charge in [-0.15, -0.1) is 0 Å². The molecule has 0 radical (unpaired) electrons. The predicted molar refractivity (Wildman–Crippen MR) is 82.1 cm³/mol. The van der Waals surface area contributed by atoms with Crippen molar-refractivity contribution in [2.75, 3.05) is 19.0 Å². The molecule has 2 rings (SSSR count). The van der Waals surface area contributed by atoms with Crippen LogP contribution in [0.5, 0.6) is 0 Å². The van der Waals surface area contributed by atoms with Crippen LogP contribution in [0.4, 0.5) is 14.5 Å². The van der Waals surface area contributed by atoms with E-state index in [-0.39, 0.29) is 18.3 Å². The minimum Gasteiger partial charge on any atom is -0.375 e. The van der Waals surface area contributed by atoms with Gasteiger partial charge in [-0.1, -0.05) is 0 Å². The van der Waals surface area contributed by atoms with E-state index < -0.39 is 23.4 Å². The molecule has 2 N–H and O–H groups in total. The number of ether oxygens (including phenoxy) is 1. The Balaban J connectivity index is 1.89. The van der Waals surface area contributed by atoms with Crippen molar-refractivity contribution in [1.29, 1.82) is 0 Å². The normalized spacial score (nSPS) is 11.8. The van der Waals surface area contributed by atoms with Gasteiger partial charge in [-0.25, -0.2) is 8.78 Å². The zero-order valence-corrected chi connectivity index (χ0v) is 13.0. The summed E-state index contributed by atoms with van der Waals surface area (Å²) >= 11 is 1.49. The summed E-state index contributed by atoms with van der Waals surface area (Å²) in [5.74, 6) is -4.02. The molecule has 0 aliphatic rings. The monoisotopic (exact) mass is 340 g/mol. The average Bonchev–Trinajstić information content (AvgIpc) is 3.05. The lowest BCUT2D eigenvalue weighted by Crippen LogP contribution is -2.37. The fourth-order valence-electron chi connectivity index (χ4n) is 1.82. The maximum Gasteiger partial charge on any atom is 0.313 e. The van der Waals surface area contributed by atoms with Crippen molar-refractivity contribution < 1.29 is 23.1 Å². The summed E-state index contributed by atoms with van der Waals surface area (Å²) in [6.07, 6.45) is -0.374. The molecule has 122 valence electrons. The van der Waals surface area contributed by atoms with Gasteiger partial charge in [0.25, 0.3) is 0 Å². The maximum absolute atomic E-state index is 13.0. The van der Waals surface area contributed by atoms with Crippen LogP contribution in [0.2, 0.25) is 0 Å². The molecular formula is C15H14F2N2O3S. The molecule has 2 aromatic rings. The zero-order chi connectivity index (χ0) is 16.8. The molecule has 1 aromatic heterocycles. The second-order valence-electron chi connectivity index (χ2n) is 4.57. The molecule has 0 fully saturated rings. The predicted octanol–water partition coefficient (Wildman–Crippen LogP) is 2.47. The Bertz CT molecular complexity index is 692. The van der Waals surface area contributed by atoms with Crippen molar-refractivity contribution in [1.82, 2.24) is 5.32 Å². The number of thiophene rings is 1. The van der Waals surface area contributed by atoms with Crippen LogP contribution < -0.4 is 10.6 Å². The minimum atomic E-state index is -1.11. The van der Waals surface area contributed by atoms with Crippen LogP contribution in [-0.2, 0) is 14.3 Å². The first-order valence-corrected chi connectivity index (χ1v) is 7.54. The molecule has 0 bridgehead atoms. The van der Waals surface area contributed by atoms with Crippen LogP contribution in [0.3, 0.4) is 0 Å². The third-order valence-corrected chi connectivity index (χ3v) is 3.73. The van der Waals surface area contributed by atoms with Crippen molar-refractivity contribution in [2.45, 2.75) is 6.10 Å². The zero-order valence-electron chi connectivity index (χ0n) is 12.1. The van der Waals surface area contributed by atoms with Gasteiger partial charge >= 0.3 is 11.8 Å². The number of methoxy groups -OCH3 is 1. The van der Waals surface area contributed by atoms with Crippen LogP contribution in [0.25, 0.3) is 0 Å². The Morgan fingerprint density at radius 1 is 1.22 bits per heavy atom. The van der Waals surface area contributed by atoms with Crippen LogP contribution in [-0.4, -0.2) is 25.5 Å². The van der Waals surface area contributed by atoms with Crippen LogP contribution in [0.1, 0.15) is 11.7 Å². The highest BCUT2D eigenvalue weighted by Gasteiger charge is 2.18. The van der Waals surface area contributed by atoms with Gasteiger partial charge in [0.1, 0.15) is 6.10 Å². The van der Waals surface area contributed by atoms with E-state index in [4.69, 9.17) is 4.74 Å². The van der Waals surface area contributed by atoms with E-state index >= 15 is 0 Å². The first kappa shape index (κ1) is 17.0. The number of halogens is 2. The SMILES string of the molecule is COC(CNC(=O)C(=O)Nc1ccc(F)c(F)c1)c1ccsc1. The van der Waals surface area contributed by atoms with Crippen molar-refractivity contribution >= 4 is 28.8 Å². The molecule has 0 saturated carbocycles. The van der Waals surface area contributed by atoms with E-state index in [1.165, 1.54) is 18.4 Å². The van der Waals surface area contributed by atoms with Gasteiger partial charge in [0, 0.05) is 25.4 Å². The quantitative estimate of drug-likeness (QED) is 0.822. The molecule has 0 spiro atoms. The Morgan fingerprint density at radius 2 is 2.00 bits per heavy atom. The van der Waals surface area contributed by atoms with E-state index in [0.29, 0.717) is 0 Å². The number of carbonyl (C=O) groups is 2. The van der Waals surface area contributed by atoms with Crippen LogP contribution in [0.15, 0.2) is 35.0 Å². The van der Waals surface area contributed by atoms with Gasteiger partial charge in [0.2, 0.25) is 0 Å². The molecule has 0 aliphatic carbocycles. The van der Waals surface area contributed by atoms with E-state index in [2.05, 4.69) is 10.6 Å². The molecule has 1 heterocycles. The second-order valence-corrected chi connectivity index (χ2v) is 5.35. The number of benzene rings is 1. The number of nitrogens with one attached hydrogen (secondary N) is 2. The molecule has 5 nitrogen and oxygen atoms in total. The number of carbonyl (C=O) groups excluding carboxylic acids is 2. The molecular weight excluding hydrogens is 326 g/mol. The Morgan fingerprint density at radius 3 is 2.61 bits per heavy atom. The summed E-state index contributed by atoms with van der Waals surface area (Å²) in [6.45, 7) is 0.108. The largest absolute Gasteiger partial charge is 0.375 e. The fourth-order valence-corrected chi connectivity index (χ4v) is 2.52. The molecule has 2 amide bonds. The summed E-state index contributed by atoms with van der Waals surface area (Å²) in [5.41, 5.74) is 0.879. The van der Waals surface area contributed by atoms with Crippen LogP contribution in [0, 0.1) is 11.6 Å². The molecule has 1 unspecified atom stereocenters. The maximum atomic E-state index is 13.0. The lowest BCUT2D eigenvalue weighted by atomic mass is 10.2. The number of amides is 2. The molecule has 0 aliphatic heterocycles. The number of hydrogen-bond acceptors (Lipinski definition) is 4. The lowest BCUT2D eigenvalue weighted by Gasteiger charge is -2.14. The highest BCUT2D eigenvalue weighted by molar-refractivity contribution is 7.07. The third kappa shape index (κ3) is 4.57. The summed E-state index contributed by atoms with van der Waals surface area (Å²) in [7, 11) is 1.50. The Labute approximate surface area is 135 Å². The first-order chi connectivity index (χ1) is 11.0. The standard InChI is InChI=1S/C15H14F2N2O3S/c1-22-13(9-4-5-23-8-9)7-18-14(20)15(21)19-10-2-3-11(16)12(17)6-10/h2-6,8,13H,7H2,1H3,(H,18,20)(H,19,21). The van der Waals surface area contributed by atoms with Crippen molar-refractivity contribution in [3.8, 4) is 0 Å². The number of rotatable bonds is 5. The van der Waals surface area contributed by atoms with Gasteiger partial charge in [-0.05, 0) is 34.5 Å². The summed E-state index contributed by atoms with van der Waals surface area (Å²) < 4.78 is 31.1. The van der Waals surface area contributed by atoms with Gasteiger partial charge < -0.3 is 15.4 Å². The Hall–Kier alpha value is -2.32.